The second-order valence-corrected chi connectivity index (χ2v) is 14.0. The van der Waals surface area contributed by atoms with E-state index in [9.17, 15) is 24.3 Å². The van der Waals surface area contributed by atoms with Crippen molar-refractivity contribution < 1.29 is 48.0 Å². The van der Waals surface area contributed by atoms with E-state index < -0.39 is 65.7 Å². The molecule has 3 N–H and O–H groups in total. The summed E-state index contributed by atoms with van der Waals surface area (Å²) in [5, 5.41) is 17.0. The van der Waals surface area contributed by atoms with Gasteiger partial charge in [-0.3, -0.25) is 14.9 Å². The fourth-order valence-electron chi connectivity index (χ4n) is 6.29. The average Bonchev–Trinajstić information content (AvgIpc) is 3.73. The monoisotopic (exact) mass is 705 g/mol. The van der Waals surface area contributed by atoms with Crippen LogP contribution in [-0.2, 0) is 39.8 Å². The second kappa shape index (κ2) is 15.1. The van der Waals surface area contributed by atoms with Gasteiger partial charge in [-0.25, -0.2) is 9.59 Å². The van der Waals surface area contributed by atoms with Gasteiger partial charge in [-0.2, -0.15) is 0 Å². The van der Waals surface area contributed by atoms with Crippen molar-refractivity contribution in [2.75, 3.05) is 26.2 Å². The molecule has 1 aromatic carbocycles. The Morgan fingerprint density at radius 1 is 1.20 bits per heavy atom. The van der Waals surface area contributed by atoms with Crippen molar-refractivity contribution in [1.82, 2.24) is 10.6 Å². The maximum atomic E-state index is 14.0. The molecular formula is C35H48ClN3O10. The number of fused-ring (bicyclic) bond motifs is 5. The first-order valence-corrected chi connectivity index (χ1v) is 16.7. The minimum absolute atomic E-state index is 0.0457. The van der Waals surface area contributed by atoms with E-state index in [1.165, 1.54) is 26.0 Å². The zero-order chi connectivity index (χ0) is 36.4. The molecule has 3 amide bonds. The summed E-state index contributed by atoms with van der Waals surface area (Å²) < 4.78 is 28.9. The molecule has 14 heteroatoms. The third-order valence-electron chi connectivity index (χ3n) is 9.45. The first-order chi connectivity index (χ1) is 22.9. The molecule has 4 rings (SSSR count). The molecule has 270 valence electrons. The van der Waals surface area contributed by atoms with Crippen LogP contribution in [-0.4, -0.2) is 92.0 Å². The highest BCUT2D eigenvalue weighted by atomic mass is 35.5. The van der Waals surface area contributed by atoms with Gasteiger partial charge in [0.1, 0.15) is 40.7 Å². The number of methoxy groups -OCH3 is 2. The zero-order valence-electron chi connectivity index (χ0n) is 29.5. The maximum absolute atomic E-state index is 14.0. The fraction of sp³-hybridized carbons (Fsp3) is 0.600. The van der Waals surface area contributed by atoms with Gasteiger partial charge in [0, 0.05) is 32.4 Å². The van der Waals surface area contributed by atoms with Gasteiger partial charge in [-0.15, -0.1) is 0 Å². The van der Waals surface area contributed by atoms with Crippen LogP contribution in [0.4, 0.5) is 10.5 Å². The molecule has 0 radical (unpaired) electrons. The number of hydrogen-bond acceptors (Lipinski definition) is 10. The smallest absolute Gasteiger partial charge is 0.409 e. The number of nitrogens with one attached hydrogen (secondary N) is 2. The molecule has 8 atom stereocenters. The molecule has 0 aliphatic carbocycles. The molecule has 0 aromatic heterocycles. The molecule has 0 saturated carbocycles. The van der Waals surface area contributed by atoms with Crippen LogP contribution in [0, 0.1) is 11.8 Å². The highest BCUT2D eigenvalue weighted by molar-refractivity contribution is 6.35. The number of ether oxygens (including phenoxy) is 5. The van der Waals surface area contributed by atoms with Crippen molar-refractivity contribution in [2.45, 2.75) is 103 Å². The number of epoxide rings is 1. The summed E-state index contributed by atoms with van der Waals surface area (Å²) in [5.74, 6) is -2.03. The number of rotatable bonds is 6. The summed E-state index contributed by atoms with van der Waals surface area (Å²) in [6.07, 6.45) is 0.988. The first kappa shape index (κ1) is 38.2. The van der Waals surface area contributed by atoms with Crippen molar-refractivity contribution in [3.05, 3.63) is 46.5 Å². The van der Waals surface area contributed by atoms with Crippen LogP contribution in [0.25, 0.3) is 0 Å². The molecular weight excluding hydrogens is 658 g/mol. The molecule has 49 heavy (non-hydrogen) atoms. The van der Waals surface area contributed by atoms with E-state index in [-0.39, 0.29) is 29.7 Å². The van der Waals surface area contributed by atoms with Crippen molar-refractivity contribution in [3.8, 4) is 5.75 Å². The number of anilines is 1. The molecule has 2 saturated heterocycles. The van der Waals surface area contributed by atoms with Crippen LogP contribution in [0.15, 0.2) is 35.9 Å². The molecule has 4 bridgehead atoms. The SMILES string of the molecule is COc1cc2cc(c1Cl)N(C)C(=O)CC(OC(=O)C(C)NC(=O)C(C)C)C1(C)OC1C(C)C1CC(O)(NC(=O)O1)C(OC)C=CC=C(C)C2. The van der Waals surface area contributed by atoms with Crippen molar-refractivity contribution in [3.63, 3.8) is 0 Å². The van der Waals surface area contributed by atoms with Crippen molar-refractivity contribution >= 4 is 41.2 Å². The van der Waals surface area contributed by atoms with Gasteiger partial charge < -0.3 is 39.0 Å². The Balaban J connectivity index is 1.77. The van der Waals surface area contributed by atoms with E-state index in [1.807, 2.05) is 13.0 Å². The number of esters is 1. The Hall–Kier alpha value is -3.65. The summed E-state index contributed by atoms with van der Waals surface area (Å²) in [5.41, 5.74) is -0.885. The number of alkyl carbamates (subject to hydrolysis) is 1. The van der Waals surface area contributed by atoms with E-state index in [0.29, 0.717) is 17.9 Å². The minimum Gasteiger partial charge on any atom is -0.495 e. The number of halogens is 1. The Kier molecular flexibility index (Phi) is 11.7. The van der Waals surface area contributed by atoms with Crippen LogP contribution in [0.3, 0.4) is 0 Å². The summed E-state index contributed by atoms with van der Waals surface area (Å²) in [7, 11) is 4.49. The average molecular weight is 706 g/mol. The number of hydrogen-bond donors (Lipinski definition) is 3. The van der Waals surface area contributed by atoms with Gasteiger partial charge in [-0.05, 0) is 44.9 Å². The van der Waals surface area contributed by atoms with Gasteiger partial charge in [0.15, 0.2) is 5.72 Å². The Morgan fingerprint density at radius 2 is 1.90 bits per heavy atom. The summed E-state index contributed by atoms with van der Waals surface area (Å²) in [6, 6.07) is 2.57. The van der Waals surface area contributed by atoms with Crippen LogP contribution < -0.4 is 20.3 Å². The van der Waals surface area contributed by atoms with Crippen LogP contribution in [0.2, 0.25) is 5.02 Å². The van der Waals surface area contributed by atoms with Gasteiger partial charge in [0.2, 0.25) is 11.8 Å². The summed E-state index contributed by atoms with van der Waals surface area (Å²) >= 11 is 6.72. The Bertz CT molecular complexity index is 1510. The quantitative estimate of drug-likeness (QED) is 0.293. The lowest BCUT2D eigenvalue weighted by Crippen LogP contribution is -2.63. The fourth-order valence-corrected chi connectivity index (χ4v) is 6.60. The molecule has 13 nitrogen and oxygen atoms in total. The third-order valence-corrected chi connectivity index (χ3v) is 9.83. The minimum atomic E-state index is -1.82. The number of allylic oxidation sites excluding steroid dienone is 3. The lowest BCUT2D eigenvalue weighted by Gasteiger charge is -2.42. The van der Waals surface area contributed by atoms with Gasteiger partial charge in [0.05, 0.1) is 25.3 Å². The van der Waals surface area contributed by atoms with Crippen LogP contribution in [0.5, 0.6) is 5.75 Å². The van der Waals surface area contributed by atoms with Crippen LogP contribution in [0.1, 0.15) is 59.9 Å². The number of nitrogens with zero attached hydrogens (tertiary/aromatic N) is 1. The summed E-state index contributed by atoms with van der Waals surface area (Å²) in [4.78, 5) is 53.8. The van der Waals surface area contributed by atoms with E-state index in [2.05, 4.69) is 10.6 Å². The molecule has 1 aromatic rings. The topological polar surface area (TPSA) is 165 Å². The molecule has 3 aliphatic rings. The van der Waals surface area contributed by atoms with Crippen LogP contribution >= 0.6 is 11.6 Å². The van der Waals surface area contributed by atoms with Gasteiger partial charge in [0.25, 0.3) is 0 Å². The van der Waals surface area contributed by atoms with Gasteiger partial charge in [-0.1, -0.05) is 56.2 Å². The predicted molar refractivity (Wildman–Crippen MR) is 181 cm³/mol. The normalized spacial score (nSPS) is 31.1. The number of aliphatic hydroxyl groups is 1. The van der Waals surface area contributed by atoms with E-state index >= 15 is 0 Å². The largest absolute Gasteiger partial charge is 0.495 e. The Morgan fingerprint density at radius 3 is 2.53 bits per heavy atom. The highest BCUT2D eigenvalue weighted by Crippen LogP contribution is 2.49. The maximum Gasteiger partial charge on any atom is 0.409 e. The number of carbonyl (C=O) groups is 4. The third kappa shape index (κ3) is 8.39. The highest BCUT2D eigenvalue weighted by Gasteiger charge is 2.64. The number of carbonyl (C=O) groups excluding carboxylic acids is 4. The first-order valence-electron chi connectivity index (χ1n) is 16.3. The molecule has 0 spiro atoms. The second-order valence-electron chi connectivity index (χ2n) is 13.6. The van der Waals surface area contributed by atoms with E-state index in [1.54, 1.807) is 59.0 Å². The molecule has 3 aliphatic heterocycles. The van der Waals surface area contributed by atoms with Crippen molar-refractivity contribution in [1.29, 1.82) is 0 Å². The Labute approximate surface area is 292 Å². The zero-order valence-corrected chi connectivity index (χ0v) is 30.3. The predicted octanol–water partition coefficient (Wildman–Crippen LogP) is 3.83. The lowest BCUT2D eigenvalue weighted by molar-refractivity contribution is -0.157. The number of benzene rings is 1. The van der Waals surface area contributed by atoms with E-state index in [0.717, 1.165) is 11.1 Å². The molecule has 3 heterocycles. The lowest BCUT2D eigenvalue weighted by atomic mass is 9.83. The number of amides is 3. The molecule has 8 unspecified atom stereocenters. The van der Waals surface area contributed by atoms with E-state index in [4.69, 9.17) is 35.3 Å². The molecule has 2 fully saturated rings. The standard InChI is InChI=1S/C35H48ClN3O10/c1-18(2)31(41)37-21(5)32(42)48-27-16-28(40)39(7)23-14-22(15-24(45-8)29(23)36)13-19(3)11-10-12-26(46-9)35(44)17-25(47-33(43)38-35)20(4)30-34(27,6)49-30/h10-12,14-15,18,20-21,25-27,30,44H,13,16-17H2,1-9H3,(H,37,41)(H,38,43). The van der Waals surface area contributed by atoms with Crippen molar-refractivity contribution in [2.24, 2.45) is 11.8 Å². The van der Waals surface area contributed by atoms with Gasteiger partial charge >= 0.3 is 12.1 Å². The summed E-state index contributed by atoms with van der Waals surface area (Å²) in [6.45, 7) is 10.3.